The van der Waals surface area contributed by atoms with Gasteiger partial charge in [0.2, 0.25) is 0 Å². The van der Waals surface area contributed by atoms with Crippen LogP contribution in [0.15, 0.2) is 59.8 Å². The quantitative estimate of drug-likeness (QED) is 0.605. The van der Waals surface area contributed by atoms with E-state index in [9.17, 15) is 0 Å². The number of rotatable bonds is 5. The van der Waals surface area contributed by atoms with Crippen molar-refractivity contribution in [3.63, 3.8) is 0 Å². The molecule has 132 valence electrons. The average Bonchev–Trinajstić information content (AvgIpc) is 3.02. The number of hydrogen-bond donors (Lipinski definition) is 0. The number of aromatic nitrogens is 3. The molecule has 3 rings (SSSR count). The molecule has 0 saturated heterocycles. The zero-order valence-electron chi connectivity index (χ0n) is 15.3. The van der Waals surface area contributed by atoms with Crippen LogP contribution in [0, 0.1) is 11.3 Å². The monoisotopic (exact) mass is 362 g/mol. The van der Waals surface area contributed by atoms with Gasteiger partial charge in [-0.25, -0.2) is 0 Å². The molecule has 0 saturated carbocycles. The average molecular weight is 363 g/mol. The molecule has 0 fully saturated rings. The highest BCUT2D eigenvalue weighted by atomic mass is 32.2. The van der Waals surface area contributed by atoms with Gasteiger partial charge < -0.3 is 0 Å². The van der Waals surface area contributed by atoms with Crippen molar-refractivity contribution in [2.24, 2.45) is 0 Å². The fourth-order valence-corrected chi connectivity index (χ4v) is 3.33. The molecule has 3 aromatic rings. The van der Waals surface area contributed by atoms with Crippen molar-refractivity contribution >= 4 is 11.8 Å². The Balaban J connectivity index is 1.98. The number of nitriles is 1. The molecule has 1 heterocycles. The van der Waals surface area contributed by atoms with E-state index in [1.807, 2.05) is 18.2 Å². The molecular weight excluding hydrogens is 340 g/mol. The summed E-state index contributed by atoms with van der Waals surface area (Å²) in [6.45, 7) is 7.29. The van der Waals surface area contributed by atoms with Crippen molar-refractivity contribution in [1.29, 1.82) is 5.26 Å². The van der Waals surface area contributed by atoms with Crippen LogP contribution in [0.5, 0.6) is 0 Å². The molecule has 0 spiro atoms. The first-order valence-corrected chi connectivity index (χ1v) is 9.55. The highest BCUT2D eigenvalue weighted by Crippen LogP contribution is 2.28. The van der Waals surface area contributed by atoms with E-state index in [2.05, 4.69) is 78.0 Å². The van der Waals surface area contributed by atoms with Gasteiger partial charge in [0.1, 0.15) is 0 Å². The van der Waals surface area contributed by atoms with Crippen LogP contribution in [-0.2, 0) is 12.0 Å². The predicted octanol–water partition coefficient (Wildman–Crippen LogP) is 4.91. The second-order valence-corrected chi connectivity index (χ2v) is 8.09. The van der Waals surface area contributed by atoms with Gasteiger partial charge in [0.25, 0.3) is 0 Å². The van der Waals surface area contributed by atoms with Gasteiger partial charge in [0, 0.05) is 5.56 Å². The smallest absolute Gasteiger partial charge is 0.192 e. The molecule has 0 aliphatic rings. The van der Waals surface area contributed by atoms with Crippen molar-refractivity contribution < 1.29 is 0 Å². The summed E-state index contributed by atoms with van der Waals surface area (Å²) in [6, 6.07) is 20.9. The van der Waals surface area contributed by atoms with Crippen LogP contribution >= 0.6 is 11.8 Å². The summed E-state index contributed by atoms with van der Waals surface area (Å²) in [4.78, 5) is 0. The van der Waals surface area contributed by atoms with E-state index in [-0.39, 0.29) is 5.41 Å². The van der Waals surface area contributed by atoms with E-state index in [0.717, 1.165) is 16.5 Å². The Labute approximate surface area is 158 Å². The first-order chi connectivity index (χ1) is 12.5. The number of hydrogen-bond acceptors (Lipinski definition) is 4. The first kappa shape index (κ1) is 18.2. The highest BCUT2D eigenvalue weighted by molar-refractivity contribution is 7.99. The Morgan fingerprint density at radius 3 is 2.31 bits per heavy atom. The third-order valence-electron chi connectivity index (χ3n) is 4.18. The van der Waals surface area contributed by atoms with E-state index >= 15 is 0 Å². The summed E-state index contributed by atoms with van der Waals surface area (Å²) < 4.78 is 2.09. The lowest BCUT2D eigenvalue weighted by atomic mass is 9.87. The molecule has 4 nitrogen and oxygen atoms in total. The molecule has 1 aromatic heterocycles. The summed E-state index contributed by atoms with van der Waals surface area (Å²) in [5.41, 5.74) is 3.61. The summed E-state index contributed by atoms with van der Waals surface area (Å²) in [6.07, 6.45) is 0. The first-order valence-electron chi connectivity index (χ1n) is 8.57. The predicted molar refractivity (Wildman–Crippen MR) is 106 cm³/mol. The maximum Gasteiger partial charge on any atom is 0.192 e. The summed E-state index contributed by atoms with van der Waals surface area (Å²) >= 11 is 1.42. The van der Waals surface area contributed by atoms with Crippen LogP contribution in [0.2, 0.25) is 0 Å². The Morgan fingerprint density at radius 1 is 1.00 bits per heavy atom. The lowest BCUT2D eigenvalue weighted by Gasteiger charge is -2.19. The van der Waals surface area contributed by atoms with Crippen LogP contribution in [0.25, 0.3) is 11.4 Å². The molecule has 0 bridgehead atoms. The van der Waals surface area contributed by atoms with Crippen LogP contribution in [0.4, 0.5) is 0 Å². The minimum absolute atomic E-state index is 0.115. The number of thioether (sulfide) groups is 1. The third kappa shape index (κ3) is 4.14. The van der Waals surface area contributed by atoms with Crippen molar-refractivity contribution in [3.05, 3.63) is 65.7 Å². The fourth-order valence-electron chi connectivity index (χ4n) is 2.73. The molecule has 26 heavy (non-hydrogen) atoms. The van der Waals surface area contributed by atoms with Gasteiger partial charge in [0.05, 0.1) is 18.4 Å². The molecule has 0 atom stereocenters. The van der Waals surface area contributed by atoms with Gasteiger partial charge in [-0.15, -0.1) is 10.2 Å². The summed E-state index contributed by atoms with van der Waals surface area (Å²) in [5, 5.41) is 18.4. The molecule has 0 radical (unpaired) electrons. The van der Waals surface area contributed by atoms with Crippen LogP contribution in [0.1, 0.15) is 31.9 Å². The van der Waals surface area contributed by atoms with E-state index in [1.54, 1.807) is 0 Å². The summed E-state index contributed by atoms with van der Waals surface area (Å²) in [7, 11) is 0. The molecule has 2 aromatic carbocycles. The SMILES string of the molecule is CC(C)(C)c1ccc(-c2nnc(SCC#N)n2Cc2ccccc2)cc1. The summed E-state index contributed by atoms with van der Waals surface area (Å²) in [5.74, 6) is 1.19. The van der Waals surface area contributed by atoms with Gasteiger partial charge in [-0.1, -0.05) is 87.1 Å². The van der Waals surface area contributed by atoms with E-state index in [0.29, 0.717) is 12.3 Å². The van der Waals surface area contributed by atoms with Crippen molar-refractivity contribution in [2.75, 3.05) is 5.75 Å². The maximum atomic E-state index is 8.91. The largest absolute Gasteiger partial charge is 0.298 e. The third-order valence-corrected chi connectivity index (χ3v) is 5.01. The topological polar surface area (TPSA) is 54.5 Å². The Morgan fingerprint density at radius 2 is 1.69 bits per heavy atom. The normalized spacial score (nSPS) is 11.3. The van der Waals surface area contributed by atoms with Crippen molar-refractivity contribution in [1.82, 2.24) is 14.8 Å². The maximum absolute atomic E-state index is 8.91. The standard InChI is InChI=1S/C21H22N4S/c1-21(2,3)18-11-9-17(10-12-18)19-23-24-20(26-14-13-22)25(19)15-16-7-5-4-6-8-16/h4-12H,14-15H2,1-3H3. The lowest BCUT2D eigenvalue weighted by molar-refractivity contribution is 0.590. The van der Waals surface area contributed by atoms with Crippen molar-refractivity contribution in [2.45, 2.75) is 37.9 Å². The van der Waals surface area contributed by atoms with Gasteiger partial charge >= 0.3 is 0 Å². The minimum atomic E-state index is 0.115. The zero-order chi connectivity index (χ0) is 18.6. The van der Waals surface area contributed by atoms with E-state index in [4.69, 9.17) is 5.26 Å². The molecule has 0 aliphatic carbocycles. The molecular formula is C21H22N4S. The van der Waals surface area contributed by atoms with Gasteiger partial charge in [0.15, 0.2) is 11.0 Å². The molecule has 0 amide bonds. The minimum Gasteiger partial charge on any atom is -0.298 e. The second-order valence-electron chi connectivity index (χ2n) is 7.15. The van der Waals surface area contributed by atoms with Gasteiger partial charge in [-0.05, 0) is 16.5 Å². The molecule has 0 aliphatic heterocycles. The van der Waals surface area contributed by atoms with Crippen LogP contribution in [0.3, 0.4) is 0 Å². The molecule has 0 unspecified atom stereocenters. The molecule has 5 heteroatoms. The molecule has 0 N–H and O–H groups in total. The number of nitrogens with zero attached hydrogens (tertiary/aromatic N) is 4. The van der Waals surface area contributed by atoms with E-state index < -0.39 is 0 Å². The Kier molecular flexibility index (Phi) is 5.43. The van der Waals surface area contributed by atoms with E-state index in [1.165, 1.54) is 22.9 Å². The Bertz CT molecular complexity index is 900. The lowest BCUT2D eigenvalue weighted by Crippen LogP contribution is -2.10. The Hall–Kier alpha value is -2.58. The van der Waals surface area contributed by atoms with Crippen molar-refractivity contribution in [3.8, 4) is 17.5 Å². The van der Waals surface area contributed by atoms with Crippen LogP contribution < -0.4 is 0 Å². The van der Waals surface area contributed by atoms with Gasteiger partial charge in [-0.3, -0.25) is 4.57 Å². The highest BCUT2D eigenvalue weighted by Gasteiger charge is 2.17. The van der Waals surface area contributed by atoms with Gasteiger partial charge in [-0.2, -0.15) is 5.26 Å². The fraction of sp³-hybridized carbons (Fsp3) is 0.286. The zero-order valence-corrected chi connectivity index (χ0v) is 16.1. The second kappa shape index (κ2) is 7.76. The van der Waals surface area contributed by atoms with Crippen LogP contribution in [-0.4, -0.2) is 20.5 Å². The number of benzene rings is 2.